The Balaban J connectivity index is 0.000000157. The molecule has 0 aromatic heterocycles. The van der Waals surface area contributed by atoms with Crippen LogP contribution in [0.5, 0.6) is 0 Å². The molecule has 0 aliphatic carbocycles. The fourth-order valence-corrected chi connectivity index (χ4v) is 5.65. The maximum atomic E-state index is 10.3. The van der Waals surface area contributed by atoms with Crippen molar-refractivity contribution in [2.75, 3.05) is 0 Å². The number of carboxylic acids is 2. The smallest absolute Gasteiger partial charge is 0.335 e. The predicted octanol–water partition coefficient (Wildman–Crippen LogP) is 8.00. The van der Waals surface area contributed by atoms with Crippen LogP contribution >= 0.6 is 0 Å². The van der Waals surface area contributed by atoms with Gasteiger partial charge in [0.25, 0.3) is 0 Å². The Morgan fingerprint density at radius 3 is 0.639 bits per heavy atom. The van der Waals surface area contributed by atoms with E-state index >= 15 is 0 Å². The second kappa shape index (κ2) is 7.27. The summed E-state index contributed by atoms with van der Waals surface area (Å²) in [7, 11) is 0. The lowest BCUT2D eigenvalue weighted by molar-refractivity contribution is 0.0681. The van der Waals surface area contributed by atoms with Gasteiger partial charge in [-0.05, 0) is 88.9 Å². The molecule has 2 N–H and O–H groups in total. The third-order valence-electron chi connectivity index (χ3n) is 7.27. The quantitative estimate of drug-likeness (QED) is 0.200. The number of aromatic carboxylic acids is 2. The molecule has 0 heterocycles. The Kier molecular flexibility index (Phi) is 4.12. The molecule has 0 fully saturated rings. The van der Waals surface area contributed by atoms with Gasteiger partial charge in [0.05, 0.1) is 11.1 Å². The molecule has 0 atom stereocenters. The van der Waals surface area contributed by atoms with E-state index in [1.807, 2.05) is 0 Å². The van der Waals surface area contributed by atoms with Gasteiger partial charge in [-0.15, -0.1) is 0 Å². The number of rotatable bonds is 2. The summed E-state index contributed by atoms with van der Waals surface area (Å²) in [6.45, 7) is 0. The Morgan fingerprint density at radius 1 is 0.333 bits per heavy atom. The van der Waals surface area contributed by atoms with Crippen LogP contribution in [-0.4, -0.2) is 22.2 Å². The lowest BCUT2D eigenvalue weighted by Crippen LogP contribution is -1.99. The zero-order valence-corrected chi connectivity index (χ0v) is 18.9. The van der Waals surface area contributed by atoms with Crippen molar-refractivity contribution in [1.29, 1.82) is 0 Å². The Bertz CT molecular complexity index is 1660. The highest BCUT2D eigenvalue weighted by Gasteiger charge is 2.19. The van der Waals surface area contributed by atoms with E-state index in [1.54, 1.807) is 0 Å². The summed E-state index contributed by atoms with van der Waals surface area (Å²) in [6.07, 6.45) is 0. The number of hydrogen-bond acceptors (Lipinski definition) is 2. The first-order valence-corrected chi connectivity index (χ1v) is 11.6. The normalized spacial score (nSPS) is 11.8. The molecule has 8 aromatic carbocycles. The van der Waals surface area contributed by atoms with Crippen LogP contribution in [0.4, 0.5) is 0 Å². The van der Waals surface area contributed by atoms with Crippen LogP contribution in [0.2, 0.25) is 0 Å². The van der Waals surface area contributed by atoms with Gasteiger partial charge in [0.2, 0.25) is 0 Å². The average Bonchev–Trinajstić information content (AvgIpc) is 2.91. The van der Waals surface area contributed by atoms with Crippen LogP contribution < -0.4 is 0 Å². The molecule has 0 spiro atoms. The summed E-state index contributed by atoms with van der Waals surface area (Å²) in [4.78, 5) is 20.7. The fraction of sp³-hybridized carbons (Fsp3) is 0. The SMILES string of the molecule is O=C(O)c1ccc(C(=O)O)cc1.c1cc2ccc3ccc4ccc5ccc6ccc1c1c2c3c4c5c61. The van der Waals surface area contributed by atoms with Gasteiger partial charge in [-0.2, -0.15) is 0 Å². The van der Waals surface area contributed by atoms with E-state index in [1.165, 1.54) is 88.9 Å². The van der Waals surface area contributed by atoms with E-state index in [-0.39, 0.29) is 11.1 Å². The van der Waals surface area contributed by atoms with Gasteiger partial charge in [0.1, 0.15) is 0 Å². The standard InChI is InChI=1S/C24H12.C8H6O4/c1-2-14-5-6-16-9-11-18-12-10-17-8-7-15-4-3-13(1)19-20(14)22(16)24(18)23(17)21(15)19;9-7(10)5-1-2-6(4-3-5)8(11)12/h1-12H;1-4H,(H,9,10)(H,11,12). The molecule has 8 rings (SSSR count). The highest BCUT2D eigenvalue weighted by atomic mass is 16.4. The zero-order valence-electron chi connectivity index (χ0n) is 18.9. The molecule has 0 unspecified atom stereocenters. The van der Waals surface area contributed by atoms with Crippen molar-refractivity contribution >= 4 is 76.6 Å². The van der Waals surface area contributed by atoms with E-state index in [2.05, 4.69) is 72.8 Å². The van der Waals surface area contributed by atoms with Crippen molar-refractivity contribution in [2.24, 2.45) is 0 Å². The van der Waals surface area contributed by atoms with Crippen LogP contribution in [0.3, 0.4) is 0 Å². The van der Waals surface area contributed by atoms with Crippen LogP contribution in [-0.2, 0) is 0 Å². The van der Waals surface area contributed by atoms with Crippen molar-refractivity contribution in [3.05, 3.63) is 108 Å². The molecular formula is C32H18O4. The van der Waals surface area contributed by atoms with Gasteiger partial charge in [-0.3, -0.25) is 0 Å². The Morgan fingerprint density at radius 2 is 0.500 bits per heavy atom. The summed E-state index contributed by atoms with van der Waals surface area (Å²) in [5.74, 6) is -2.13. The molecule has 0 amide bonds. The average molecular weight is 466 g/mol. The Labute approximate surface area is 204 Å². The largest absolute Gasteiger partial charge is 0.478 e. The molecular weight excluding hydrogens is 448 g/mol. The van der Waals surface area contributed by atoms with Gasteiger partial charge >= 0.3 is 11.9 Å². The van der Waals surface area contributed by atoms with Crippen molar-refractivity contribution in [1.82, 2.24) is 0 Å². The molecule has 170 valence electrons. The lowest BCUT2D eigenvalue weighted by Gasteiger charge is -2.20. The summed E-state index contributed by atoms with van der Waals surface area (Å²) in [6, 6.07) is 32.3. The predicted molar refractivity (Wildman–Crippen MR) is 145 cm³/mol. The minimum atomic E-state index is -1.06. The number of hydrogen-bond donors (Lipinski definition) is 2. The van der Waals surface area contributed by atoms with E-state index in [9.17, 15) is 9.59 Å². The molecule has 0 saturated heterocycles. The van der Waals surface area contributed by atoms with Gasteiger partial charge in [0.15, 0.2) is 0 Å². The van der Waals surface area contributed by atoms with E-state index < -0.39 is 11.9 Å². The number of carboxylic acid groups (broad SMARTS) is 2. The summed E-state index contributed by atoms with van der Waals surface area (Å²) in [5, 5.41) is 33.6. The number of benzene rings is 8. The molecule has 36 heavy (non-hydrogen) atoms. The van der Waals surface area contributed by atoms with Gasteiger partial charge in [-0.25, -0.2) is 9.59 Å². The highest BCUT2D eigenvalue weighted by molar-refractivity contribution is 6.44. The summed E-state index contributed by atoms with van der Waals surface area (Å²) in [5.41, 5.74) is 0.167. The highest BCUT2D eigenvalue weighted by Crippen LogP contribution is 2.47. The van der Waals surface area contributed by atoms with Gasteiger partial charge in [-0.1, -0.05) is 72.8 Å². The zero-order chi connectivity index (χ0) is 24.6. The Hall–Kier alpha value is -4.96. The minimum Gasteiger partial charge on any atom is -0.478 e. The molecule has 0 bridgehead atoms. The van der Waals surface area contributed by atoms with Crippen LogP contribution in [0, 0.1) is 0 Å². The third kappa shape index (κ3) is 2.75. The van der Waals surface area contributed by atoms with Crippen LogP contribution in [0.25, 0.3) is 64.6 Å². The first-order chi connectivity index (χ1) is 17.5. The summed E-state index contributed by atoms with van der Waals surface area (Å²) < 4.78 is 0. The van der Waals surface area contributed by atoms with E-state index in [4.69, 9.17) is 10.2 Å². The second-order valence-corrected chi connectivity index (χ2v) is 9.17. The van der Waals surface area contributed by atoms with Crippen molar-refractivity contribution in [2.45, 2.75) is 0 Å². The van der Waals surface area contributed by atoms with Crippen molar-refractivity contribution < 1.29 is 19.8 Å². The fourth-order valence-electron chi connectivity index (χ4n) is 5.65. The van der Waals surface area contributed by atoms with Crippen molar-refractivity contribution in [3.63, 3.8) is 0 Å². The lowest BCUT2D eigenvalue weighted by atomic mass is 9.83. The number of carbonyl (C=O) groups is 2. The molecule has 0 aliphatic heterocycles. The maximum Gasteiger partial charge on any atom is 0.335 e. The molecule has 4 nitrogen and oxygen atoms in total. The maximum absolute atomic E-state index is 10.3. The summed E-state index contributed by atoms with van der Waals surface area (Å²) >= 11 is 0. The first-order valence-electron chi connectivity index (χ1n) is 11.6. The monoisotopic (exact) mass is 466 g/mol. The van der Waals surface area contributed by atoms with Crippen LogP contribution in [0.15, 0.2) is 97.1 Å². The molecule has 8 aromatic rings. The van der Waals surface area contributed by atoms with E-state index in [0.717, 1.165) is 0 Å². The minimum absolute atomic E-state index is 0.0833. The molecule has 0 saturated carbocycles. The second-order valence-electron chi connectivity index (χ2n) is 9.17. The third-order valence-corrected chi connectivity index (χ3v) is 7.27. The molecule has 4 heteroatoms. The van der Waals surface area contributed by atoms with Crippen molar-refractivity contribution in [3.8, 4) is 0 Å². The molecule has 0 radical (unpaired) electrons. The van der Waals surface area contributed by atoms with Gasteiger partial charge in [0, 0.05) is 0 Å². The van der Waals surface area contributed by atoms with Gasteiger partial charge < -0.3 is 10.2 Å². The van der Waals surface area contributed by atoms with E-state index in [0.29, 0.717) is 0 Å². The topological polar surface area (TPSA) is 74.6 Å². The molecule has 0 aliphatic rings. The first kappa shape index (κ1) is 20.4. The van der Waals surface area contributed by atoms with Crippen LogP contribution in [0.1, 0.15) is 20.7 Å².